The minimum Gasteiger partial charge on any atom is -0.493 e. The molecule has 0 saturated heterocycles. The first-order chi connectivity index (χ1) is 16.8. The summed E-state index contributed by atoms with van der Waals surface area (Å²) in [5.74, 6) is -2.04. The molecule has 9 heteroatoms. The van der Waals surface area contributed by atoms with Gasteiger partial charge in [-0.25, -0.2) is 9.78 Å². The van der Waals surface area contributed by atoms with E-state index in [1.54, 1.807) is 7.05 Å². The lowest BCUT2D eigenvalue weighted by molar-refractivity contribution is -0.193. The fraction of sp³-hybridized carbons (Fsp3) is 0.231. The number of methoxy groups -OCH3 is 1. The second-order valence-electron chi connectivity index (χ2n) is 7.66. The van der Waals surface area contributed by atoms with E-state index in [1.165, 1.54) is 38.3 Å². The molecule has 1 unspecified atom stereocenters. The Bertz CT molecular complexity index is 1130. The van der Waals surface area contributed by atoms with Gasteiger partial charge < -0.3 is 19.6 Å². The lowest BCUT2D eigenvalue weighted by Gasteiger charge is -2.28. The van der Waals surface area contributed by atoms with Gasteiger partial charge >= 0.3 is 11.9 Å². The summed E-state index contributed by atoms with van der Waals surface area (Å²) < 4.78 is 10.3. The Labute approximate surface area is 203 Å². The van der Waals surface area contributed by atoms with Gasteiger partial charge in [0.05, 0.1) is 13.2 Å². The van der Waals surface area contributed by atoms with Crippen molar-refractivity contribution in [2.24, 2.45) is 0 Å². The van der Waals surface area contributed by atoms with Crippen molar-refractivity contribution < 1.29 is 28.7 Å². The molecule has 0 fully saturated rings. The van der Waals surface area contributed by atoms with Crippen LogP contribution >= 0.6 is 0 Å². The second-order valence-corrected chi connectivity index (χ2v) is 7.66. The van der Waals surface area contributed by atoms with Gasteiger partial charge in [-0.3, -0.25) is 9.59 Å². The summed E-state index contributed by atoms with van der Waals surface area (Å²) in [7, 11) is 3.02. The Morgan fingerprint density at radius 2 is 1.51 bits per heavy atom. The van der Waals surface area contributed by atoms with E-state index >= 15 is 0 Å². The highest BCUT2D eigenvalue weighted by Crippen LogP contribution is 2.30. The standard InChI is InChI=1S/C26H27N3O6/c1-17(28-25(31)22-24(34-18(2)30)21(33-4)15-16-27-22)26(32)35-29(3)23(19-11-7-5-8-12-19)20-13-9-6-10-14-20/h5-17,23H,1-4H3,(H,28,31). The first-order valence-corrected chi connectivity index (χ1v) is 10.9. The maximum absolute atomic E-state index is 12.9. The predicted octanol–water partition coefficient (Wildman–Crippen LogP) is 3.31. The van der Waals surface area contributed by atoms with Gasteiger partial charge in [-0.05, 0) is 18.1 Å². The van der Waals surface area contributed by atoms with Gasteiger partial charge in [-0.15, -0.1) is 5.06 Å². The third kappa shape index (κ3) is 6.42. The summed E-state index contributed by atoms with van der Waals surface area (Å²) in [4.78, 5) is 46.8. The molecule has 0 aliphatic carbocycles. The number of hydroxylamine groups is 2. The van der Waals surface area contributed by atoms with E-state index in [1.807, 2.05) is 60.7 Å². The van der Waals surface area contributed by atoms with Crippen molar-refractivity contribution in [2.75, 3.05) is 14.2 Å². The quantitative estimate of drug-likeness (QED) is 0.370. The van der Waals surface area contributed by atoms with Gasteiger partial charge in [0.1, 0.15) is 6.04 Å². The monoisotopic (exact) mass is 477 g/mol. The van der Waals surface area contributed by atoms with Crippen LogP contribution in [-0.2, 0) is 14.4 Å². The molecule has 3 rings (SSSR count). The molecule has 0 aliphatic rings. The molecule has 0 saturated carbocycles. The summed E-state index contributed by atoms with van der Waals surface area (Å²) >= 11 is 0. The van der Waals surface area contributed by atoms with E-state index in [-0.39, 0.29) is 23.2 Å². The van der Waals surface area contributed by atoms with E-state index in [9.17, 15) is 14.4 Å². The Morgan fingerprint density at radius 3 is 2.03 bits per heavy atom. The first-order valence-electron chi connectivity index (χ1n) is 10.9. The third-order valence-corrected chi connectivity index (χ3v) is 5.08. The molecule has 0 bridgehead atoms. The highest BCUT2D eigenvalue weighted by Gasteiger charge is 2.28. The number of hydrogen-bond acceptors (Lipinski definition) is 8. The van der Waals surface area contributed by atoms with E-state index in [4.69, 9.17) is 14.3 Å². The molecule has 1 atom stereocenters. The second kappa shape index (κ2) is 11.8. The molecule has 9 nitrogen and oxygen atoms in total. The molecule has 3 aromatic rings. The average molecular weight is 478 g/mol. The van der Waals surface area contributed by atoms with Gasteiger partial charge in [0.25, 0.3) is 5.91 Å². The molecular formula is C26H27N3O6. The van der Waals surface area contributed by atoms with Crippen LogP contribution in [0.1, 0.15) is 41.5 Å². The van der Waals surface area contributed by atoms with Crippen molar-refractivity contribution in [3.05, 3.63) is 89.7 Å². The van der Waals surface area contributed by atoms with Crippen molar-refractivity contribution in [3.63, 3.8) is 0 Å². The molecule has 0 spiro atoms. The lowest BCUT2D eigenvalue weighted by Crippen LogP contribution is -2.43. The Hall–Kier alpha value is -4.24. The number of amides is 1. The smallest absolute Gasteiger partial charge is 0.347 e. The van der Waals surface area contributed by atoms with Gasteiger partial charge in [0, 0.05) is 26.2 Å². The van der Waals surface area contributed by atoms with E-state index in [2.05, 4.69) is 10.3 Å². The highest BCUT2D eigenvalue weighted by molar-refractivity contribution is 5.98. The maximum atomic E-state index is 12.9. The number of nitrogens with one attached hydrogen (secondary N) is 1. The summed E-state index contributed by atoms with van der Waals surface area (Å²) in [5, 5.41) is 3.98. The van der Waals surface area contributed by atoms with Crippen molar-refractivity contribution in [1.82, 2.24) is 15.4 Å². The van der Waals surface area contributed by atoms with Crippen LogP contribution in [0.25, 0.3) is 0 Å². The number of aromatic nitrogens is 1. The summed E-state index contributed by atoms with van der Waals surface area (Å²) in [6.07, 6.45) is 1.34. The number of nitrogens with zero attached hydrogens (tertiary/aromatic N) is 2. The van der Waals surface area contributed by atoms with Gasteiger partial charge in [-0.1, -0.05) is 60.7 Å². The fourth-order valence-corrected chi connectivity index (χ4v) is 3.48. The highest BCUT2D eigenvalue weighted by atomic mass is 16.7. The van der Waals surface area contributed by atoms with Crippen molar-refractivity contribution in [2.45, 2.75) is 25.9 Å². The van der Waals surface area contributed by atoms with Crippen LogP contribution in [0, 0.1) is 0 Å². The normalized spacial score (nSPS) is 11.6. The number of pyridine rings is 1. The van der Waals surface area contributed by atoms with E-state index in [0.29, 0.717) is 0 Å². The number of esters is 1. The Balaban J connectivity index is 1.75. The number of hydrogen-bond donors (Lipinski definition) is 1. The fourth-order valence-electron chi connectivity index (χ4n) is 3.48. The molecule has 182 valence electrons. The van der Waals surface area contributed by atoms with Crippen LogP contribution < -0.4 is 14.8 Å². The molecular weight excluding hydrogens is 450 g/mol. The van der Waals surface area contributed by atoms with Gasteiger partial charge in [-0.2, -0.15) is 0 Å². The Morgan fingerprint density at radius 1 is 0.943 bits per heavy atom. The lowest BCUT2D eigenvalue weighted by atomic mass is 9.99. The van der Waals surface area contributed by atoms with Crippen LogP contribution in [0.5, 0.6) is 11.5 Å². The molecule has 1 N–H and O–H groups in total. The van der Waals surface area contributed by atoms with Crippen LogP contribution in [0.3, 0.4) is 0 Å². The molecule has 1 aromatic heterocycles. The van der Waals surface area contributed by atoms with Crippen molar-refractivity contribution >= 4 is 17.8 Å². The zero-order chi connectivity index (χ0) is 25.4. The minimum absolute atomic E-state index is 0.133. The SMILES string of the molecule is COc1ccnc(C(=O)NC(C)C(=O)ON(C)C(c2ccccc2)c2ccccc2)c1OC(C)=O. The predicted molar refractivity (Wildman–Crippen MR) is 128 cm³/mol. The van der Waals surface area contributed by atoms with Gasteiger partial charge in [0.2, 0.25) is 5.75 Å². The topological polar surface area (TPSA) is 107 Å². The zero-order valence-electron chi connectivity index (χ0n) is 19.9. The number of carbonyl (C=O) groups is 3. The first kappa shape index (κ1) is 25.4. The van der Waals surface area contributed by atoms with E-state index in [0.717, 1.165) is 11.1 Å². The summed E-state index contributed by atoms with van der Waals surface area (Å²) in [5.41, 5.74) is 1.66. The number of ether oxygens (including phenoxy) is 2. The molecule has 35 heavy (non-hydrogen) atoms. The summed E-state index contributed by atoms with van der Waals surface area (Å²) in [6.45, 7) is 2.68. The third-order valence-electron chi connectivity index (χ3n) is 5.08. The molecule has 2 aromatic carbocycles. The zero-order valence-corrected chi connectivity index (χ0v) is 19.9. The maximum Gasteiger partial charge on any atom is 0.347 e. The average Bonchev–Trinajstić information content (AvgIpc) is 2.85. The number of carbonyl (C=O) groups excluding carboxylic acids is 3. The molecule has 0 aliphatic heterocycles. The molecule has 1 amide bonds. The summed E-state index contributed by atoms with van der Waals surface area (Å²) in [6, 6.07) is 19.3. The van der Waals surface area contributed by atoms with Crippen LogP contribution in [-0.4, -0.2) is 48.1 Å². The van der Waals surface area contributed by atoms with Crippen molar-refractivity contribution in [3.8, 4) is 11.5 Å². The van der Waals surface area contributed by atoms with Crippen LogP contribution in [0.15, 0.2) is 72.9 Å². The van der Waals surface area contributed by atoms with Crippen LogP contribution in [0.2, 0.25) is 0 Å². The van der Waals surface area contributed by atoms with Crippen molar-refractivity contribution in [1.29, 1.82) is 0 Å². The molecule has 0 radical (unpaired) electrons. The van der Waals surface area contributed by atoms with Gasteiger partial charge in [0.15, 0.2) is 11.4 Å². The number of benzene rings is 2. The Kier molecular flexibility index (Phi) is 8.53. The number of rotatable bonds is 9. The largest absolute Gasteiger partial charge is 0.493 e. The molecule has 1 heterocycles. The van der Waals surface area contributed by atoms with E-state index < -0.39 is 23.9 Å². The van der Waals surface area contributed by atoms with Crippen LogP contribution in [0.4, 0.5) is 0 Å². The minimum atomic E-state index is -1.03.